The third-order valence-corrected chi connectivity index (χ3v) is 6.96. The number of carbonyl (C=O) groups excluding carboxylic acids is 2. The molecule has 1 saturated heterocycles. The van der Waals surface area contributed by atoms with Crippen LogP contribution in [-0.4, -0.2) is 59.5 Å². The molecule has 4 heterocycles. The maximum Gasteiger partial charge on any atom is 0.255 e. The van der Waals surface area contributed by atoms with E-state index in [9.17, 15) is 14.0 Å². The van der Waals surface area contributed by atoms with Crippen LogP contribution in [0, 0.1) is 5.92 Å². The van der Waals surface area contributed by atoms with Gasteiger partial charge in [0.25, 0.3) is 11.8 Å². The van der Waals surface area contributed by atoms with Crippen molar-refractivity contribution in [2.45, 2.75) is 39.2 Å². The molecule has 0 bridgehead atoms. The molecule has 0 unspecified atom stereocenters. The summed E-state index contributed by atoms with van der Waals surface area (Å²) in [6.45, 7) is 5.00. The Morgan fingerprint density at radius 3 is 2.88 bits per heavy atom. The largest absolute Gasteiger partial charge is 0.338 e. The van der Waals surface area contributed by atoms with Gasteiger partial charge >= 0.3 is 0 Å². The smallest absolute Gasteiger partial charge is 0.255 e. The number of fused-ring (bicyclic) bond motifs is 2. The summed E-state index contributed by atoms with van der Waals surface area (Å²) in [7, 11) is 0. The third-order valence-electron chi connectivity index (χ3n) is 6.96. The summed E-state index contributed by atoms with van der Waals surface area (Å²) >= 11 is 0. The number of carbonyl (C=O) groups is 2. The van der Waals surface area contributed by atoms with Gasteiger partial charge < -0.3 is 14.7 Å². The minimum Gasteiger partial charge on any atom is -0.338 e. The van der Waals surface area contributed by atoms with Crippen LogP contribution >= 0.6 is 0 Å². The number of anilines is 2. The zero-order chi connectivity index (χ0) is 22.2. The van der Waals surface area contributed by atoms with Gasteiger partial charge in [-0.1, -0.05) is 0 Å². The van der Waals surface area contributed by atoms with Crippen molar-refractivity contribution >= 4 is 23.3 Å². The lowest BCUT2D eigenvalue weighted by Crippen LogP contribution is -2.40. The molecule has 168 valence electrons. The molecule has 7 heteroatoms. The molecular formula is C25H29FN4O2. The van der Waals surface area contributed by atoms with Crippen molar-refractivity contribution in [1.29, 1.82) is 0 Å². The number of nitrogens with zero attached hydrogens (tertiary/aromatic N) is 4. The van der Waals surface area contributed by atoms with E-state index >= 15 is 0 Å². The van der Waals surface area contributed by atoms with Gasteiger partial charge in [-0.2, -0.15) is 0 Å². The van der Waals surface area contributed by atoms with Crippen LogP contribution in [0.2, 0.25) is 0 Å². The van der Waals surface area contributed by atoms with E-state index in [-0.39, 0.29) is 24.4 Å². The number of aryl methyl sites for hydroxylation is 1. The van der Waals surface area contributed by atoms with Crippen molar-refractivity contribution < 1.29 is 14.0 Å². The highest BCUT2D eigenvalue weighted by Crippen LogP contribution is 2.35. The summed E-state index contributed by atoms with van der Waals surface area (Å²) in [6, 6.07) is 7.98. The summed E-state index contributed by atoms with van der Waals surface area (Å²) < 4.78 is 13.1. The van der Waals surface area contributed by atoms with E-state index in [1.165, 1.54) is 0 Å². The fourth-order valence-electron chi connectivity index (χ4n) is 5.18. The first-order chi connectivity index (χ1) is 15.6. The van der Waals surface area contributed by atoms with Crippen molar-refractivity contribution in [2.75, 3.05) is 37.8 Å². The fourth-order valence-corrected chi connectivity index (χ4v) is 5.18. The Bertz CT molecular complexity index is 1060. The normalized spacial score (nSPS) is 20.4. The highest BCUT2D eigenvalue weighted by atomic mass is 19.1. The first-order valence-corrected chi connectivity index (χ1v) is 11.6. The minimum absolute atomic E-state index is 0.0497. The molecule has 0 spiro atoms. The molecule has 1 aromatic heterocycles. The van der Waals surface area contributed by atoms with E-state index < -0.39 is 0 Å². The Morgan fingerprint density at radius 2 is 2.06 bits per heavy atom. The van der Waals surface area contributed by atoms with Crippen LogP contribution in [0.3, 0.4) is 0 Å². The highest BCUT2D eigenvalue weighted by Gasteiger charge is 2.29. The molecule has 3 aliphatic rings. The predicted molar refractivity (Wildman–Crippen MR) is 121 cm³/mol. The second-order valence-corrected chi connectivity index (χ2v) is 9.04. The zero-order valence-electron chi connectivity index (χ0n) is 18.5. The molecule has 3 aliphatic heterocycles. The molecule has 1 aromatic carbocycles. The molecule has 1 fully saturated rings. The monoisotopic (exact) mass is 436 g/mol. The average Bonchev–Trinajstić information content (AvgIpc) is 3.17. The first kappa shape index (κ1) is 20.9. The zero-order valence-corrected chi connectivity index (χ0v) is 18.5. The molecule has 0 radical (unpaired) electrons. The van der Waals surface area contributed by atoms with Crippen molar-refractivity contribution in [3.05, 3.63) is 52.7 Å². The van der Waals surface area contributed by atoms with E-state index in [1.807, 2.05) is 30.0 Å². The van der Waals surface area contributed by atoms with Crippen molar-refractivity contribution in [2.24, 2.45) is 5.92 Å². The molecule has 6 nitrogen and oxygen atoms in total. The molecule has 5 rings (SSSR count). The van der Waals surface area contributed by atoms with Gasteiger partial charge in [-0.25, -0.2) is 4.98 Å². The first-order valence-electron chi connectivity index (χ1n) is 11.6. The second-order valence-electron chi connectivity index (χ2n) is 9.04. The number of amides is 2. The van der Waals surface area contributed by atoms with E-state index in [4.69, 9.17) is 4.98 Å². The van der Waals surface area contributed by atoms with Gasteiger partial charge in [-0.3, -0.25) is 14.0 Å². The van der Waals surface area contributed by atoms with Crippen LogP contribution in [0.5, 0.6) is 0 Å². The second kappa shape index (κ2) is 8.52. The lowest BCUT2D eigenvalue weighted by atomic mass is 9.98. The van der Waals surface area contributed by atoms with Gasteiger partial charge in [0.1, 0.15) is 5.82 Å². The van der Waals surface area contributed by atoms with E-state index in [1.54, 1.807) is 11.1 Å². The van der Waals surface area contributed by atoms with Gasteiger partial charge in [-0.15, -0.1) is 0 Å². The number of rotatable bonds is 4. The van der Waals surface area contributed by atoms with Crippen LogP contribution in [-0.2, 0) is 13.0 Å². The quantitative estimate of drug-likeness (QED) is 0.728. The summed E-state index contributed by atoms with van der Waals surface area (Å²) in [4.78, 5) is 36.0. The molecule has 0 N–H and O–H groups in total. The lowest BCUT2D eigenvalue weighted by Gasteiger charge is -2.33. The Labute approximate surface area is 188 Å². The number of halogens is 1. The summed E-state index contributed by atoms with van der Waals surface area (Å²) in [5.74, 6) is 0.877. The van der Waals surface area contributed by atoms with Gasteiger partial charge in [0.15, 0.2) is 0 Å². The number of hydrogen-bond donors (Lipinski definition) is 0. The topological polar surface area (TPSA) is 56.8 Å². The molecule has 32 heavy (non-hydrogen) atoms. The van der Waals surface area contributed by atoms with Gasteiger partial charge in [0, 0.05) is 56.1 Å². The lowest BCUT2D eigenvalue weighted by molar-refractivity contribution is 0.0655. The standard InChI is InChI=1S/C25H29FN4O2/c1-2-28-16-20-12-21(7-8-22(20)25(28)32)30-10-4-6-18-11-19(14-27-23(18)30)24(31)29-9-3-5-17(13-26)15-29/h7-8,11-12,14,17H,2-6,9-10,13,15-16H2,1H3/t17-/m0/s1. The van der Waals surface area contributed by atoms with Crippen LogP contribution in [0.4, 0.5) is 15.9 Å². The highest BCUT2D eigenvalue weighted by molar-refractivity contribution is 5.99. The Morgan fingerprint density at radius 1 is 1.19 bits per heavy atom. The van der Waals surface area contributed by atoms with Gasteiger partial charge in [0.2, 0.25) is 0 Å². The number of likely N-dealkylation sites (tertiary alicyclic amines) is 1. The molecule has 0 aliphatic carbocycles. The van der Waals surface area contributed by atoms with E-state index in [0.717, 1.165) is 60.4 Å². The predicted octanol–water partition coefficient (Wildman–Crippen LogP) is 3.96. The van der Waals surface area contributed by atoms with Crippen molar-refractivity contribution in [1.82, 2.24) is 14.8 Å². The van der Waals surface area contributed by atoms with Crippen LogP contribution < -0.4 is 4.90 Å². The maximum absolute atomic E-state index is 13.1. The SMILES string of the molecule is CCN1Cc2cc(N3CCCc4cc(C(=O)N5CCC[C@@H](CF)C5)cnc43)ccc2C1=O. The van der Waals surface area contributed by atoms with Crippen LogP contribution in [0.25, 0.3) is 0 Å². The molecule has 0 saturated carbocycles. The Hall–Kier alpha value is -2.96. The Kier molecular flexibility index (Phi) is 5.57. The summed E-state index contributed by atoms with van der Waals surface area (Å²) in [5, 5.41) is 0. The van der Waals surface area contributed by atoms with Crippen LogP contribution in [0.1, 0.15) is 58.0 Å². The van der Waals surface area contributed by atoms with Crippen molar-refractivity contribution in [3.8, 4) is 0 Å². The molecule has 1 atom stereocenters. The number of hydrogen-bond acceptors (Lipinski definition) is 4. The average molecular weight is 437 g/mol. The number of benzene rings is 1. The van der Waals surface area contributed by atoms with E-state index in [0.29, 0.717) is 31.7 Å². The van der Waals surface area contributed by atoms with E-state index in [2.05, 4.69) is 11.0 Å². The van der Waals surface area contributed by atoms with Gasteiger partial charge in [-0.05, 0) is 68.0 Å². The summed E-state index contributed by atoms with van der Waals surface area (Å²) in [6.07, 6.45) is 5.20. The van der Waals surface area contributed by atoms with Crippen LogP contribution in [0.15, 0.2) is 30.5 Å². The molecule has 2 aromatic rings. The number of piperidine rings is 1. The maximum atomic E-state index is 13.1. The number of aromatic nitrogens is 1. The third kappa shape index (κ3) is 3.63. The molecule has 2 amide bonds. The number of pyridine rings is 1. The molecular weight excluding hydrogens is 407 g/mol. The minimum atomic E-state index is -0.371. The number of alkyl halides is 1. The fraction of sp³-hybridized carbons (Fsp3) is 0.480. The Balaban J connectivity index is 1.40. The summed E-state index contributed by atoms with van der Waals surface area (Å²) in [5.41, 5.74) is 4.52. The van der Waals surface area contributed by atoms with Gasteiger partial charge in [0.05, 0.1) is 12.2 Å². The van der Waals surface area contributed by atoms with Crippen molar-refractivity contribution in [3.63, 3.8) is 0 Å².